The van der Waals surface area contributed by atoms with Crippen molar-refractivity contribution >= 4 is 28.7 Å². The van der Waals surface area contributed by atoms with E-state index < -0.39 is 0 Å². The number of benzene rings is 2. The van der Waals surface area contributed by atoms with Gasteiger partial charge in [-0.05, 0) is 39.0 Å². The summed E-state index contributed by atoms with van der Waals surface area (Å²) < 4.78 is 12.3. The van der Waals surface area contributed by atoms with Crippen LogP contribution in [0.4, 0.5) is 0 Å². The lowest BCUT2D eigenvalue weighted by atomic mass is 10.00. The van der Waals surface area contributed by atoms with Crippen molar-refractivity contribution < 1.29 is 9.47 Å². The second kappa shape index (κ2) is 7.31. The molecule has 19 heavy (non-hydrogen) atoms. The van der Waals surface area contributed by atoms with Crippen LogP contribution in [0.25, 0.3) is 17.2 Å². The second-order valence-electron chi connectivity index (χ2n) is 3.96. The van der Waals surface area contributed by atoms with Crippen LogP contribution in [-0.4, -0.2) is 13.9 Å². The Balaban J connectivity index is 2.27. The van der Waals surface area contributed by atoms with Crippen LogP contribution in [0.15, 0.2) is 52.6 Å². The van der Waals surface area contributed by atoms with Gasteiger partial charge in [-0.1, -0.05) is 59.0 Å². The third-order valence-electron chi connectivity index (χ3n) is 2.71. The number of methoxy groups -OCH3 is 1. The van der Waals surface area contributed by atoms with Crippen LogP contribution >= 0.6 is 22.6 Å². The highest BCUT2D eigenvalue weighted by Crippen LogP contribution is 2.26. The van der Waals surface area contributed by atoms with Crippen molar-refractivity contribution in [1.29, 1.82) is 0 Å². The fourth-order valence-electron chi connectivity index (χ4n) is 1.83. The normalized spacial score (nSPS) is 10.8. The summed E-state index contributed by atoms with van der Waals surface area (Å²) >= 11 is 2.23. The Morgan fingerprint density at radius 1 is 1.05 bits per heavy atom. The van der Waals surface area contributed by atoms with E-state index in [1.54, 1.807) is 7.11 Å². The van der Waals surface area contributed by atoms with Gasteiger partial charge in [0.05, 0.1) is 0 Å². The van der Waals surface area contributed by atoms with Gasteiger partial charge in [0.1, 0.15) is 5.75 Å². The molecule has 0 aliphatic rings. The van der Waals surface area contributed by atoms with Crippen LogP contribution in [0, 0.1) is 0 Å². The zero-order chi connectivity index (χ0) is 13.5. The van der Waals surface area contributed by atoms with Crippen LogP contribution in [0.5, 0.6) is 5.75 Å². The average Bonchev–Trinajstić information content (AvgIpc) is 2.47. The molecule has 0 bridgehead atoms. The molecule has 0 radical (unpaired) electrons. The number of halogens is 1. The molecule has 0 unspecified atom stereocenters. The molecule has 2 nitrogen and oxygen atoms in total. The monoisotopic (exact) mass is 366 g/mol. The first kappa shape index (κ1) is 14.1. The molecule has 0 aromatic heterocycles. The molecule has 2 rings (SSSR count). The number of rotatable bonds is 5. The summed E-state index contributed by atoms with van der Waals surface area (Å²) in [5.41, 5.74) is 3.60. The summed E-state index contributed by atoms with van der Waals surface area (Å²) in [7, 11) is 1.61. The van der Waals surface area contributed by atoms with E-state index in [4.69, 9.17) is 9.47 Å². The minimum atomic E-state index is 0.271. The highest BCUT2D eigenvalue weighted by molar-refractivity contribution is 14.1. The van der Waals surface area contributed by atoms with Gasteiger partial charge in [-0.2, -0.15) is 0 Å². The predicted molar refractivity (Wildman–Crippen MR) is 87.4 cm³/mol. The number of hydrogen-bond donors (Lipinski definition) is 0. The average molecular weight is 366 g/mol. The van der Waals surface area contributed by atoms with Gasteiger partial charge < -0.3 is 9.47 Å². The van der Waals surface area contributed by atoms with Crippen LogP contribution in [0.2, 0.25) is 0 Å². The fourth-order valence-corrected chi connectivity index (χ4v) is 2.22. The number of hydrogen-bond acceptors (Lipinski definition) is 2. The summed E-state index contributed by atoms with van der Waals surface area (Å²) in [5, 5.41) is 0. The highest BCUT2D eigenvalue weighted by Gasteiger charge is 2.02. The topological polar surface area (TPSA) is 18.5 Å². The van der Waals surface area contributed by atoms with Gasteiger partial charge >= 0.3 is 0 Å². The van der Waals surface area contributed by atoms with E-state index >= 15 is 0 Å². The van der Waals surface area contributed by atoms with Crippen LogP contribution in [0.1, 0.15) is 5.56 Å². The lowest BCUT2D eigenvalue weighted by molar-refractivity contribution is 0.0511. The summed E-state index contributed by atoms with van der Waals surface area (Å²) in [4.78, 5) is 0. The molecular weight excluding hydrogens is 351 g/mol. The molecule has 98 valence electrons. The standard InChI is InChI=1S/C16H15IO2/c1-18-12-19-15-8-6-14(7-9-15)16-5-3-2-4-13(16)10-11-17/h2-11H,12H2,1H3/b11-10+. The molecule has 2 aromatic carbocycles. The fraction of sp³-hybridized carbons (Fsp3) is 0.125. The second-order valence-corrected chi connectivity index (χ2v) is 4.67. The minimum Gasteiger partial charge on any atom is -0.468 e. The van der Waals surface area contributed by atoms with Gasteiger partial charge in [0.25, 0.3) is 0 Å². The molecule has 0 fully saturated rings. The molecule has 0 aliphatic carbocycles. The summed E-state index contributed by atoms with van der Waals surface area (Å²) in [5.74, 6) is 0.813. The highest BCUT2D eigenvalue weighted by atomic mass is 127. The minimum absolute atomic E-state index is 0.271. The van der Waals surface area contributed by atoms with Crippen molar-refractivity contribution in [2.75, 3.05) is 13.9 Å². The molecule has 2 aromatic rings. The van der Waals surface area contributed by atoms with E-state index in [2.05, 4.69) is 59.0 Å². The zero-order valence-corrected chi connectivity index (χ0v) is 12.8. The molecule has 0 atom stereocenters. The van der Waals surface area contributed by atoms with E-state index in [0.29, 0.717) is 0 Å². The lowest BCUT2D eigenvalue weighted by Gasteiger charge is -2.08. The van der Waals surface area contributed by atoms with E-state index in [-0.39, 0.29) is 6.79 Å². The van der Waals surface area contributed by atoms with E-state index in [1.165, 1.54) is 16.7 Å². The van der Waals surface area contributed by atoms with Gasteiger partial charge in [0.15, 0.2) is 6.79 Å². The van der Waals surface area contributed by atoms with E-state index in [1.807, 2.05) is 22.3 Å². The maximum atomic E-state index is 5.39. The molecule has 0 spiro atoms. The maximum absolute atomic E-state index is 5.39. The quantitative estimate of drug-likeness (QED) is 0.562. The lowest BCUT2D eigenvalue weighted by Crippen LogP contribution is -1.98. The van der Waals surface area contributed by atoms with Crippen LogP contribution in [-0.2, 0) is 4.74 Å². The first-order chi connectivity index (χ1) is 9.35. The summed E-state index contributed by atoms with van der Waals surface area (Å²) in [6.07, 6.45) is 2.10. The Bertz CT molecular complexity index is 547. The molecule has 0 amide bonds. The molecule has 3 heteroatoms. The molecule has 0 aliphatic heterocycles. The first-order valence-corrected chi connectivity index (χ1v) is 7.17. The van der Waals surface area contributed by atoms with Crippen LogP contribution < -0.4 is 4.74 Å². The maximum Gasteiger partial charge on any atom is 0.188 e. The largest absolute Gasteiger partial charge is 0.468 e. The van der Waals surface area contributed by atoms with Gasteiger partial charge in [-0.3, -0.25) is 0 Å². The Morgan fingerprint density at radius 3 is 2.47 bits per heavy atom. The third kappa shape index (κ3) is 3.81. The van der Waals surface area contributed by atoms with Crippen molar-refractivity contribution in [3.8, 4) is 16.9 Å². The van der Waals surface area contributed by atoms with Crippen molar-refractivity contribution in [3.05, 3.63) is 58.2 Å². The van der Waals surface area contributed by atoms with Gasteiger partial charge in [0.2, 0.25) is 0 Å². The molecule has 0 saturated heterocycles. The number of ether oxygens (including phenoxy) is 2. The SMILES string of the molecule is COCOc1ccc(-c2ccccc2/C=C/I)cc1. The Morgan fingerprint density at radius 2 is 1.79 bits per heavy atom. The summed E-state index contributed by atoms with van der Waals surface area (Å²) in [6, 6.07) is 16.4. The molecule has 0 heterocycles. The van der Waals surface area contributed by atoms with E-state index in [0.717, 1.165) is 5.75 Å². The molecule has 0 N–H and O–H groups in total. The van der Waals surface area contributed by atoms with Gasteiger partial charge in [-0.25, -0.2) is 0 Å². The van der Waals surface area contributed by atoms with Crippen molar-refractivity contribution in [2.45, 2.75) is 0 Å². The van der Waals surface area contributed by atoms with Crippen molar-refractivity contribution in [1.82, 2.24) is 0 Å². The third-order valence-corrected chi connectivity index (χ3v) is 3.07. The summed E-state index contributed by atoms with van der Waals surface area (Å²) in [6.45, 7) is 0.271. The Kier molecular flexibility index (Phi) is 5.42. The first-order valence-electron chi connectivity index (χ1n) is 5.93. The van der Waals surface area contributed by atoms with Crippen molar-refractivity contribution in [3.63, 3.8) is 0 Å². The Labute approximate surface area is 127 Å². The zero-order valence-electron chi connectivity index (χ0n) is 10.7. The van der Waals surface area contributed by atoms with Gasteiger partial charge in [-0.15, -0.1) is 0 Å². The van der Waals surface area contributed by atoms with E-state index in [9.17, 15) is 0 Å². The smallest absolute Gasteiger partial charge is 0.188 e. The van der Waals surface area contributed by atoms with Crippen LogP contribution in [0.3, 0.4) is 0 Å². The van der Waals surface area contributed by atoms with Crippen molar-refractivity contribution in [2.24, 2.45) is 0 Å². The van der Waals surface area contributed by atoms with Gasteiger partial charge in [0, 0.05) is 7.11 Å². The Hall–Kier alpha value is -1.33. The molecular formula is C16H15IO2. The predicted octanol–water partition coefficient (Wildman–Crippen LogP) is 4.74. The molecule has 0 saturated carbocycles.